The number of unbranched alkanes of at least 4 members (excludes halogenated alkanes) is 2. The Morgan fingerprint density at radius 3 is 2.50 bits per heavy atom. The summed E-state index contributed by atoms with van der Waals surface area (Å²) in [6.45, 7) is 5.97. The molecule has 0 fully saturated rings. The highest BCUT2D eigenvalue weighted by Crippen LogP contribution is 2.37. The number of anilines is 2. The molecule has 0 aliphatic heterocycles. The number of halogens is 3. The quantitative estimate of drug-likeness (QED) is 0.514. The fourth-order valence-corrected chi connectivity index (χ4v) is 2.54. The van der Waals surface area contributed by atoms with Gasteiger partial charge in [-0.2, -0.15) is 18.2 Å². The highest BCUT2D eigenvalue weighted by atomic mass is 19.4. The summed E-state index contributed by atoms with van der Waals surface area (Å²) in [4.78, 5) is 9.54. The van der Waals surface area contributed by atoms with Crippen molar-refractivity contribution in [3.63, 3.8) is 0 Å². The van der Waals surface area contributed by atoms with Crippen molar-refractivity contribution >= 4 is 11.6 Å². The molecule has 154 valence electrons. The second kappa shape index (κ2) is 9.61. The molecular formula is C20H26F3N3O2. The Balaban J connectivity index is 2.35. The molecular weight excluding hydrogens is 371 g/mol. The van der Waals surface area contributed by atoms with Crippen LogP contribution in [0.1, 0.15) is 45.6 Å². The van der Waals surface area contributed by atoms with Gasteiger partial charge in [-0.15, -0.1) is 0 Å². The molecule has 2 aromatic rings. The van der Waals surface area contributed by atoms with Gasteiger partial charge in [0.15, 0.2) is 0 Å². The molecule has 0 aliphatic rings. The van der Waals surface area contributed by atoms with Gasteiger partial charge in [-0.05, 0) is 32.4 Å². The average molecular weight is 397 g/mol. The summed E-state index contributed by atoms with van der Waals surface area (Å²) in [7, 11) is 1.67. The Kier molecular flexibility index (Phi) is 7.48. The maximum atomic E-state index is 13.3. The predicted molar refractivity (Wildman–Crippen MR) is 102 cm³/mol. The Bertz CT molecular complexity index is 767. The van der Waals surface area contributed by atoms with Crippen molar-refractivity contribution in [1.29, 1.82) is 0 Å². The van der Waals surface area contributed by atoms with E-state index in [2.05, 4.69) is 9.97 Å². The fourth-order valence-electron chi connectivity index (χ4n) is 2.54. The summed E-state index contributed by atoms with van der Waals surface area (Å²) in [5, 5.41) is 0. The van der Waals surface area contributed by atoms with Gasteiger partial charge in [0.1, 0.15) is 11.3 Å². The first-order valence-corrected chi connectivity index (χ1v) is 9.30. The van der Waals surface area contributed by atoms with E-state index in [1.54, 1.807) is 24.1 Å². The van der Waals surface area contributed by atoms with Crippen molar-refractivity contribution in [3.8, 4) is 11.6 Å². The molecule has 1 aromatic heterocycles. The lowest BCUT2D eigenvalue weighted by molar-refractivity contribution is -0.139. The highest BCUT2D eigenvalue weighted by Gasteiger charge is 2.36. The van der Waals surface area contributed by atoms with Gasteiger partial charge in [0.25, 0.3) is 0 Å². The van der Waals surface area contributed by atoms with E-state index in [0.29, 0.717) is 17.9 Å². The molecule has 0 N–H and O–H groups in total. The molecule has 0 amide bonds. The number of hydrogen-bond acceptors (Lipinski definition) is 5. The van der Waals surface area contributed by atoms with Gasteiger partial charge >= 0.3 is 6.18 Å². The van der Waals surface area contributed by atoms with Gasteiger partial charge < -0.3 is 14.4 Å². The van der Waals surface area contributed by atoms with E-state index in [0.717, 1.165) is 19.0 Å². The maximum absolute atomic E-state index is 13.3. The number of aromatic nitrogens is 2. The first-order chi connectivity index (χ1) is 13.2. The predicted octanol–water partition coefficient (Wildman–Crippen LogP) is 5.62. The molecule has 0 saturated heterocycles. The van der Waals surface area contributed by atoms with Crippen LogP contribution in [0.4, 0.5) is 24.8 Å². The lowest BCUT2D eigenvalue weighted by Crippen LogP contribution is -2.18. The van der Waals surface area contributed by atoms with Crippen molar-refractivity contribution in [3.05, 3.63) is 36.0 Å². The molecule has 1 heterocycles. The highest BCUT2D eigenvalue weighted by molar-refractivity contribution is 5.65. The number of alkyl halides is 3. The summed E-state index contributed by atoms with van der Waals surface area (Å²) in [5.74, 6) is 0.231. The molecule has 0 aliphatic carbocycles. The van der Waals surface area contributed by atoms with Gasteiger partial charge in [0, 0.05) is 13.2 Å². The molecule has 0 unspecified atom stereocenters. The fraction of sp³-hybridized carbons (Fsp3) is 0.500. The van der Waals surface area contributed by atoms with Crippen LogP contribution in [-0.4, -0.2) is 29.7 Å². The Hall–Kier alpha value is -2.51. The zero-order chi connectivity index (χ0) is 20.7. The first kappa shape index (κ1) is 21.8. The van der Waals surface area contributed by atoms with E-state index in [1.807, 2.05) is 32.9 Å². The van der Waals surface area contributed by atoms with Crippen LogP contribution in [0.15, 0.2) is 30.5 Å². The minimum Gasteiger partial charge on any atom is -0.489 e. The summed E-state index contributed by atoms with van der Waals surface area (Å²) >= 11 is 0. The monoisotopic (exact) mass is 397 g/mol. The van der Waals surface area contributed by atoms with Crippen LogP contribution in [0, 0.1) is 0 Å². The normalized spacial score (nSPS) is 11.6. The summed E-state index contributed by atoms with van der Waals surface area (Å²) in [6, 6.07) is 7.22. The van der Waals surface area contributed by atoms with E-state index in [9.17, 15) is 13.2 Å². The number of ether oxygens (including phenoxy) is 2. The molecule has 8 heteroatoms. The van der Waals surface area contributed by atoms with Gasteiger partial charge in [0.2, 0.25) is 11.8 Å². The molecule has 1 aromatic carbocycles. The Morgan fingerprint density at radius 1 is 1.14 bits per heavy atom. The number of hydrogen-bond donors (Lipinski definition) is 0. The SMILES string of the molecule is CCCCCOc1nc(N(C)c2ccccc2OC(C)C)ncc1C(F)(F)F. The van der Waals surface area contributed by atoms with E-state index in [1.165, 1.54) is 0 Å². The van der Waals surface area contributed by atoms with Crippen LogP contribution in [0.25, 0.3) is 0 Å². The smallest absolute Gasteiger partial charge is 0.423 e. The molecule has 0 saturated carbocycles. The zero-order valence-electron chi connectivity index (χ0n) is 16.6. The third-order valence-corrected chi connectivity index (χ3v) is 3.92. The van der Waals surface area contributed by atoms with E-state index >= 15 is 0 Å². The van der Waals surface area contributed by atoms with Crippen LogP contribution in [0.5, 0.6) is 11.6 Å². The van der Waals surface area contributed by atoms with Crippen LogP contribution in [0.2, 0.25) is 0 Å². The standard InChI is InChI=1S/C20H26F3N3O2/c1-5-6-9-12-27-18-15(20(21,22)23)13-24-19(25-18)26(4)16-10-7-8-11-17(16)28-14(2)3/h7-8,10-11,13-14H,5-6,9,12H2,1-4H3. The van der Waals surface area contributed by atoms with Gasteiger partial charge in [-0.3, -0.25) is 0 Å². The molecule has 2 rings (SSSR count). The van der Waals surface area contributed by atoms with E-state index in [4.69, 9.17) is 9.47 Å². The van der Waals surface area contributed by atoms with Gasteiger partial charge in [-0.1, -0.05) is 31.9 Å². The van der Waals surface area contributed by atoms with Gasteiger partial charge in [-0.25, -0.2) is 4.98 Å². The second-order valence-electron chi connectivity index (χ2n) is 6.64. The van der Waals surface area contributed by atoms with Crippen LogP contribution < -0.4 is 14.4 Å². The van der Waals surface area contributed by atoms with Crippen molar-refractivity contribution in [2.75, 3.05) is 18.6 Å². The number of rotatable bonds is 9. The summed E-state index contributed by atoms with van der Waals surface area (Å²) < 4.78 is 51.0. The molecule has 5 nitrogen and oxygen atoms in total. The number of nitrogens with zero attached hydrogens (tertiary/aromatic N) is 3. The minimum atomic E-state index is -4.59. The number of benzene rings is 1. The molecule has 28 heavy (non-hydrogen) atoms. The third-order valence-electron chi connectivity index (χ3n) is 3.92. The van der Waals surface area contributed by atoms with Crippen molar-refractivity contribution in [2.45, 2.75) is 52.3 Å². The molecule has 0 bridgehead atoms. The summed E-state index contributed by atoms with van der Waals surface area (Å²) in [5.41, 5.74) is -0.333. The maximum Gasteiger partial charge on any atom is 0.423 e. The zero-order valence-corrected chi connectivity index (χ0v) is 16.6. The van der Waals surface area contributed by atoms with Crippen molar-refractivity contribution in [2.24, 2.45) is 0 Å². The molecule has 0 spiro atoms. The number of para-hydroxylation sites is 2. The third kappa shape index (κ3) is 5.74. The van der Waals surface area contributed by atoms with Crippen molar-refractivity contribution in [1.82, 2.24) is 9.97 Å². The Labute approximate surface area is 163 Å². The topological polar surface area (TPSA) is 47.5 Å². The molecule has 0 radical (unpaired) electrons. The lowest BCUT2D eigenvalue weighted by Gasteiger charge is -2.23. The van der Waals surface area contributed by atoms with Crippen LogP contribution >= 0.6 is 0 Å². The largest absolute Gasteiger partial charge is 0.489 e. The van der Waals surface area contributed by atoms with Crippen LogP contribution in [0.3, 0.4) is 0 Å². The van der Waals surface area contributed by atoms with Gasteiger partial charge in [0.05, 0.1) is 18.4 Å². The van der Waals surface area contributed by atoms with Crippen molar-refractivity contribution < 1.29 is 22.6 Å². The lowest BCUT2D eigenvalue weighted by atomic mass is 10.2. The van der Waals surface area contributed by atoms with E-state index in [-0.39, 0.29) is 18.7 Å². The Morgan fingerprint density at radius 2 is 1.86 bits per heavy atom. The van der Waals surface area contributed by atoms with Crippen LogP contribution in [-0.2, 0) is 6.18 Å². The van der Waals surface area contributed by atoms with E-state index < -0.39 is 17.6 Å². The average Bonchev–Trinajstić information content (AvgIpc) is 2.63. The first-order valence-electron chi connectivity index (χ1n) is 9.30. The minimum absolute atomic E-state index is 0.0551. The molecule has 0 atom stereocenters. The second-order valence-corrected chi connectivity index (χ2v) is 6.64. The summed E-state index contributed by atoms with van der Waals surface area (Å²) in [6.07, 6.45) is -1.40.